The van der Waals surface area contributed by atoms with E-state index in [4.69, 9.17) is 9.73 Å². The SMILES string of the molecule is COc1ccc([C@H]2N=C(c3ccccc3)C(C)(C)N2O)cc1. The largest absolute Gasteiger partial charge is 0.497 e. The standard InChI is InChI=1S/C18H20N2O2/c1-18(2)16(13-7-5-4-6-8-13)19-17(20(18)21)14-9-11-15(22-3)12-10-14/h4-12,17,21H,1-3H3/t17-/m0/s1. The van der Waals surface area contributed by atoms with Crippen LogP contribution in [0, 0.1) is 0 Å². The molecule has 1 aliphatic rings. The van der Waals surface area contributed by atoms with Gasteiger partial charge in [-0.1, -0.05) is 42.5 Å². The van der Waals surface area contributed by atoms with Gasteiger partial charge in [-0.05, 0) is 37.1 Å². The Balaban J connectivity index is 2.00. The Morgan fingerprint density at radius 1 is 1.05 bits per heavy atom. The second-order valence-electron chi connectivity index (χ2n) is 5.89. The molecule has 0 fully saturated rings. The van der Waals surface area contributed by atoms with Crippen LogP contribution in [-0.2, 0) is 0 Å². The molecular weight excluding hydrogens is 276 g/mol. The summed E-state index contributed by atoms with van der Waals surface area (Å²) >= 11 is 0. The first-order valence-electron chi connectivity index (χ1n) is 7.30. The average Bonchev–Trinajstić information content (AvgIpc) is 2.79. The van der Waals surface area contributed by atoms with Crippen molar-refractivity contribution in [2.45, 2.75) is 25.6 Å². The number of rotatable bonds is 3. The highest BCUT2D eigenvalue weighted by Gasteiger charge is 2.43. The van der Waals surface area contributed by atoms with Crippen molar-refractivity contribution in [2.24, 2.45) is 4.99 Å². The monoisotopic (exact) mass is 296 g/mol. The van der Waals surface area contributed by atoms with Crippen molar-refractivity contribution >= 4 is 5.71 Å². The fraction of sp³-hybridized carbons (Fsp3) is 0.278. The molecule has 0 radical (unpaired) electrons. The topological polar surface area (TPSA) is 45.1 Å². The van der Waals surface area contributed by atoms with Crippen molar-refractivity contribution < 1.29 is 9.94 Å². The molecule has 0 bridgehead atoms. The summed E-state index contributed by atoms with van der Waals surface area (Å²) in [6, 6.07) is 17.6. The number of nitrogens with zero attached hydrogens (tertiary/aromatic N) is 2. The second kappa shape index (κ2) is 5.55. The molecule has 1 heterocycles. The highest BCUT2D eigenvalue weighted by atomic mass is 16.5. The van der Waals surface area contributed by atoms with E-state index in [0.29, 0.717) is 0 Å². The number of aliphatic imine (C=N–C) groups is 1. The Morgan fingerprint density at radius 2 is 1.68 bits per heavy atom. The lowest BCUT2D eigenvalue weighted by atomic mass is 9.93. The first-order valence-corrected chi connectivity index (χ1v) is 7.30. The molecular formula is C18H20N2O2. The highest BCUT2D eigenvalue weighted by Crippen LogP contribution is 2.37. The van der Waals surface area contributed by atoms with E-state index in [9.17, 15) is 5.21 Å². The Bertz CT molecular complexity index is 678. The molecule has 0 saturated heterocycles. The van der Waals surface area contributed by atoms with Crippen LogP contribution in [0.2, 0.25) is 0 Å². The van der Waals surface area contributed by atoms with Crippen molar-refractivity contribution in [2.75, 3.05) is 7.11 Å². The summed E-state index contributed by atoms with van der Waals surface area (Å²) < 4.78 is 5.18. The minimum Gasteiger partial charge on any atom is -0.497 e. The van der Waals surface area contributed by atoms with Crippen LogP contribution in [0.25, 0.3) is 0 Å². The molecule has 0 unspecified atom stereocenters. The van der Waals surface area contributed by atoms with E-state index in [1.54, 1.807) is 7.11 Å². The van der Waals surface area contributed by atoms with Crippen LogP contribution in [0.3, 0.4) is 0 Å². The van der Waals surface area contributed by atoms with Crippen molar-refractivity contribution in [1.82, 2.24) is 5.06 Å². The van der Waals surface area contributed by atoms with Gasteiger partial charge >= 0.3 is 0 Å². The van der Waals surface area contributed by atoms with Crippen LogP contribution in [0.5, 0.6) is 5.75 Å². The van der Waals surface area contributed by atoms with Gasteiger partial charge in [-0.2, -0.15) is 5.06 Å². The zero-order valence-corrected chi connectivity index (χ0v) is 13.0. The van der Waals surface area contributed by atoms with Gasteiger partial charge in [0.15, 0.2) is 6.17 Å². The third-order valence-electron chi connectivity index (χ3n) is 4.10. The van der Waals surface area contributed by atoms with Gasteiger partial charge in [-0.25, -0.2) is 0 Å². The first-order chi connectivity index (χ1) is 10.5. The Labute approximate surface area is 130 Å². The van der Waals surface area contributed by atoms with Crippen molar-refractivity contribution in [3.63, 3.8) is 0 Å². The van der Waals surface area contributed by atoms with E-state index < -0.39 is 11.7 Å². The van der Waals surface area contributed by atoms with Crippen LogP contribution in [-0.4, -0.2) is 28.6 Å². The summed E-state index contributed by atoms with van der Waals surface area (Å²) in [6.45, 7) is 3.95. The zero-order chi connectivity index (χ0) is 15.7. The van der Waals surface area contributed by atoms with Crippen LogP contribution < -0.4 is 4.74 Å². The first kappa shape index (κ1) is 14.8. The van der Waals surface area contributed by atoms with Crippen molar-refractivity contribution in [3.8, 4) is 5.75 Å². The number of hydroxylamine groups is 2. The molecule has 0 saturated carbocycles. The minimum atomic E-state index is -0.550. The van der Waals surface area contributed by atoms with Crippen LogP contribution in [0.4, 0.5) is 0 Å². The Morgan fingerprint density at radius 3 is 2.27 bits per heavy atom. The predicted molar refractivity (Wildman–Crippen MR) is 86.4 cm³/mol. The molecule has 0 amide bonds. The summed E-state index contributed by atoms with van der Waals surface area (Å²) in [7, 11) is 1.64. The summed E-state index contributed by atoms with van der Waals surface area (Å²) in [5.74, 6) is 0.790. The zero-order valence-electron chi connectivity index (χ0n) is 13.0. The molecule has 0 spiro atoms. The van der Waals surface area contributed by atoms with E-state index >= 15 is 0 Å². The summed E-state index contributed by atoms with van der Waals surface area (Å²) in [5, 5.41) is 11.9. The van der Waals surface area contributed by atoms with E-state index in [1.165, 1.54) is 5.06 Å². The van der Waals surface area contributed by atoms with Gasteiger partial charge in [0, 0.05) is 0 Å². The van der Waals surface area contributed by atoms with Gasteiger partial charge < -0.3 is 9.94 Å². The molecule has 2 aromatic carbocycles. The molecule has 4 heteroatoms. The van der Waals surface area contributed by atoms with Gasteiger partial charge in [0.25, 0.3) is 0 Å². The number of hydrogen-bond acceptors (Lipinski definition) is 4. The maximum Gasteiger partial charge on any atom is 0.151 e. The van der Waals surface area contributed by atoms with Gasteiger partial charge in [-0.3, -0.25) is 4.99 Å². The minimum absolute atomic E-state index is 0.406. The molecule has 2 aromatic rings. The molecule has 3 rings (SSSR count). The van der Waals surface area contributed by atoms with Gasteiger partial charge in [0.05, 0.1) is 18.4 Å². The second-order valence-corrected chi connectivity index (χ2v) is 5.89. The fourth-order valence-electron chi connectivity index (χ4n) is 2.76. The molecule has 1 atom stereocenters. The summed E-state index contributed by atoms with van der Waals surface area (Å²) in [5.41, 5.74) is 2.30. The van der Waals surface area contributed by atoms with E-state index in [-0.39, 0.29) is 0 Å². The Kier molecular flexibility index (Phi) is 3.72. The van der Waals surface area contributed by atoms with Gasteiger partial charge in [0.1, 0.15) is 5.75 Å². The van der Waals surface area contributed by atoms with Crippen LogP contribution in [0.15, 0.2) is 59.6 Å². The number of hydrogen-bond donors (Lipinski definition) is 1. The quantitative estimate of drug-likeness (QED) is 0.940. The molecule has 1 N–H and O–H groups in total. The van der Waals surface area contributed by atoms with Crippen LogP contribution in [0.1, 0.15) is 31.1 Å². The van der Waals surface area contributed by atoms with Gasteiger partial charge in [-0.15, -0.1) is 0 Å². The number of methoxy groups -OCH3 is 1. The number of ether oxygens (including phenoxy) is 1. The van der Waals surface area contributed by atoms with E-state index in [2.05, 4.69) is 0 Å². The van der Waals surface area contributed by atoms with E-state index in [1.807, 2.05) is 68.4 Å². The predicted octanol–water partition coefficient (Wildman–Crippen LogP) is 3.67. The lowest BCUT2D eigenvalue weighted by Crippen LogP contribution is -2.44. The average molecular weight is 296 g/mol. The normalized spacial score (nSPS) is 20.7. The lowest BCUT2D eigenvalue weighted by Gasteiger charge is -2.30. The molecule has 1 aliphatic heterocycles. The van der Waals surface area contributed by atoms with Crippen molar-refractivity contribution in [3.05, 3.63) is 65.7 Å². The smallest absolute Gasteiger partial charge is 0.151 e. The lowest BCUT2D eigenvalue weighted by molar-refractivity contribution is -0.159. The molecule has 114 valence electrons. The maximum absolute atomic E-state index is 10.6. The summed E-state index contributed by atoms with van der Waals surface area (Å²) in [6.07, 6.45) is -0.406. The Hall–Kier alpha value is -2.17. The molecule has 4 nitrogen and oxygen atoms in total. The fourth-order valence-corrected chi connectivity index (χ4v) is 2.76. The van der Waals surface area contributed by atoms with Crippen LogP contribution >= 0.6 is 0 Å². The number of benzene rings is 2. The molecule has 0 aliphatic carbocycles. The molecule has 0 aromatic heterocycles. The third kappa shape index (κ3) is 2.40. The molecule has 22 heavy (non-hydrogen) atoms. The maximum atomic E-state index is 10.6. The van der Waals surface area contributed by atoms with Gasteiger partial charge in [0.2, 0.25) is 0 Å². The van der Waals surface area contributed by atoms with Crippen molar-refractivity contribution in [1.29, 1.82) is 0 Å². The highest BCUT2D eigenvalue weighted by molar-refractivity contribution is 6.07. The summed E-state index contributed by atoms with van der Waals surface area (Å²) in [4.78, 5) is 4.77. The van der Waals surface area contributed by atoms with E-state index in [0.717, 1.165) is 22.6 Å². The third-order valence-corrected chi connectivity index (χ3v) is 4.10.